The first kappa shape index (κ1) is 57.7. The summed E-state index contributed by atoms with van der Waals surface area (Å²) in [5.41, 5.74) is 54.2. The summed E-state index contributed by atoms with van der Waals surface area (Å²) in [6.07, 6.45) is 0. The molecule has 0 aliphatic heterocycles. The predicted molar refractivity (Wildman–Crippen MR) is 453 cm³/mol. The van der Waals surface area contributed by atoms with Gasteiger partial charge in [0, 0.05) is 16.2 Å². The molecule has 1 heterocycles. The maximum Gasteiger partial charge on any atom is 0.143 e. The molecular weight excluding hydrogens is 917 g/mol. The van der Waals surface area contributed by atoms with Gasteiger partial charge in [0.15, 0.2) is 0 Å². The molecule has 0 saturated carbocycles. The van der Waals surface area contributed by atoms with E-state index >= 15 is 0 Å². The van der Waals surface area contributed by atoms with E-state index in [2.05, 4.69) is 235 Å². The highest BCUT2D eigenvalue weighted by Crippen LogP contribution is 2.43. The summed E-state index contributed by atoms with van der Waals surface area (Å²) in [6, 6.07) is 0. The van der Waals surface area contributed by atoms with E-state index in [1.807, 2.05) is 0 Å². The Hall–Kier alpha value is -4.49. The molecule has 0 radical (unpaired) electrons. The van der Waals surface area contributed by atoms with Crippen LogP contribution in [0.2, 0.25) is 0 Å². The highest BCUT2D eigenvalue weighted by molar-refractivity contribution is 6.77. The number of fused-ring (bicyclic) bond motifs is 7. The van der Waals surface area contributed by atoms with Gasteiger partial charge < -0.3 is 4.42 Å². The molecule has 0 unspecified atom stereocenters. The van der Waals surface area contributed by atoms with Gasteiger partial charge in [-0.2, -0.15) is 0 Å². The zero-order valence-corrected chi connectivity index (χ0v) is 54.4. The maximum absolute atomic E-state index is 7.56. The molecule has 0 saturated heterocycles. The molecule has 31 heteroatoms. The van der Waals surface area contributed by atoms with Crippen LogP contribution < -0.4 is 164 Å². The van der Waals surface area contributed by atoms with Crippen LogP contribution in [0, 0.1) is 0 Å². The Bertz CT molecular complexity index is 4430. The van der Waals surface area contributed by atoms with Gasteiger partial charge in [0.25, 0.3) is 0 Å². The number of hydrogen-bond donors (Lipinski definition) is 0. The van der Waals surface area contributed by atoms with Crippen molar-refractivity contribution in [3.05, 3.63) is 0 Å². The topological polar surface area (TPSA) is 13.1 Å². The number of benzene rings is 9. The highest BCUT2D eigenvalue weighted by Gasteiger charge is 2.33. The van der Waals surface area contributed by atoms with Crippen molar-refractivity contribution in [3.63, 3.8) is 0 Å². The quantitative estimate of drug-likeness (QED) is 0.127. The minimum atomic E-state index is 1.02. The van der Waals surface area contributed by atoms with Crippen LogP contribution in [0.15, 0.2) is 4.42 Å². The highest BCUT2D eigenvalue weighted by atomic mass is 16.3. The molecule has 0 atom stereocenters. The van der Waals surface area contributed by atoms with Gasteiger partial charge in [-0.05, 0) is 71.4 Å². The van der Waals surface area contributed by atoms with E-state index in [1.54, 1.807) is 0 Å². The fourth-order valence-corrected chi connectivity index (χ4v) is 15.7. The molecule has 79 heavy (non-hydrogen) atoms. The summed E-state index contributed by atoms with van der Waals surface area (Å²) in [5.74, 6) is 0. The molecule has 0 fully saturated rings. The Balaban J connectivity index is 1.43. The molecule has 1 aromatic heterocycles. The van der Waals surface area contributed by atoms with Crippen molar-refractivity contribution in [2.24, 2.45) is 0 Å². The van der Waals surface area contributed by atoms with Crippen LogP contribution in [0.1, 0.15) is 0 Å². The van der Waals surface area contributed by atoms with E-state index in [9.17, 15) is 0 Å². The van der Waals surface area contributed by atoms with Gasteiger partial charge >= 0.3 is 0 Å². The van der Waals surface area contributed by atoms with Crippen molar-refractivity contribution < 1.29 is 4.42 Å². The molecule has 0 amide bonds. The normalized spacial score (nSPS) is 11.8. The Labute approximate surface area is 498 Å². The molecule has 0 N–H and O–H groups in total. The van der Waals surface area contributed by atoms with Crippen molar-refractivity contribution >= 4 is 454 Å². The van der Waals surface area contributed by atoms with Crippen LogP contribution in [0.25, 0.3) is 98.8 Å². The fraction of sp³-hybridized carbons (Fsp3) is 0. The Morgan fingerprint density at radius 2 is 0.291 bits per heavy atom. The fourth-order valence-electron chi connectivity index (χ4n) is 15.7. The van der Waals surface area contributed by atoms with Gasteiger partial charge in [-0.3, -0.25) is 0 Å². The third kappa shape index (κ3) is 7.52. The van der Waals surface area contributed by atoms with E-state index in [4.69, 9.17) is 4.42 Å². The smallest absolute Gasteiger partial charge is 0.143 e. The van der Waals surface area contributed by atoms with E-state index in [0.717, 1.165) is 11.2 Å². The first-order valence-corrected chi connectivity index (χ1v) is 29.4. The third-order valence-electron chi connectivity index (χ3n) is 22.9. The lowest BCUT2D eigenvalue weighted by Crippen LogP contribution is -2.57. The zero-order valence-electron chi connectivity index (χ0n) is 54.4. The average Bonchev–Trinajstić information content (AvgIpc) is 4.04. The van der Waals surface area contributed by atoms with Gasteiger partial charge in [-0.1, -0.05) is 115 Å². The minimum absolute atomic E-state index is 1.02. The van der Waals surface area contributed by atoms with E-state index < -0.39 is 0 Å². The molecule has 0 aliphatic carbocycles. The van der Waals surface area contributed by atoms with Crippen LogP contribution in [0.5, 0.6) is 0 Å². The Morgan fingerprint density at radius 1 is 0.114 bits per heavy atom. The van der Waals surface area contributed by atoms with Crippen molar-refractivity contribution in [1.29, 1.82) is 0 Å². The second-order valence-electron chi connectivity index (χ2n) is 25.5. The number of hydrogen-bond acceptors (Lipinski definition) is 1. The largest absolute Gasteiger partial charge is 0.456 e. The van der Waals surface area contributed by atoms with Crippen molar-refractivity contribution in [3.8, 4) is 44.5 Å². The van der Waals surface area contributed by atoms with E-state index in [1.165, 1.54) is 251 Å². The monoisotopic (exact) mass is 983 g/mol. The van der Waals surface area contributed by atoms with Crippen LogP contribution in [-0.2, 0) is 0 Å². The van der Waals surface area contributed by atoms with Crippen LogP contribution in [-0.4, -0.2) is 235 Å². The lowest BCUT2D eigenvalue weighted by Gasteiger charge is -2.32. The second kappa shape index (κ2) is 19.6. The molecule has 0 bridgehead atoms. The first-order valence-electron chi connectivity index (χ1n) is 29.4. The number of furan rings is 1. The minimum Gasteiger partial charge on any atom is -0.456 e. The van der Waals surface area contributed by atoms with Crippen molar-refractivity contribution in [1.82, 2.24) is 0 Å². The molecule has 348 valence electrons. The van der Waals surface area contributed by atoms with Crippen LogP contribution >= 0.6 is 0 Å². The summed E-state index contributed by atoms with van der Waals surface area (Å²) in [6.45, 7) is 0. The Kier molecular flexibility index (Phi) is 14.3. The van der Waals surface area contributed by atoms with Gasteiger partial charge in [0.1, 0.15) is 247 Å². The summed E-state index contributed by atoms with van der Waals surface area (Å²) < 4.78 is 7.56. The lowest BCUT2D eigenvalue weighted by atomic mass is 9.54. The lowest BCUT2D eigenvalue weighted by molar-refractivity contribution is 0.676. The van der Waals surface area contributed by atoms with Crippen molar-refractivity contribution in [2.45, 2.75) is 0 Å². The first-order chi connectivity index (χ1) is 36.8. The molecule has 9 aromatic carbocycles. The molecule has 1 nitrogen and oxygen atoms in total. The summed E-state index contributed by atoms with van der Waals surface area (Å²) in [4.78, 5) is 0. The van der Waals surface area contributed by atoms with Gasteiger partial charge in [-0.25, -0.2) is 0 Å². The van der Waals surface area contributed by atoms with E-state index in [-0.39, 0.29) is 0 Å². The van der Waals surface area contributed by atoms with Gasteiger partial charge in [0.2, 0.25) is 0 Å². The molecule has 10 aromatic rings. The van der Waals surface area contributed by atoms with Crippen molar-refractivity contribution in [2.75, 3.05) is 0 Å². The predicted octanol–water partition coefficient (Wildman–Crippen LogP) is -38.5. The SMILES string of the molecule is Bc1c(B)c(B)c(-c2c(B)c(B)c(-c3c(B)c(B)c(-c4c5c(B)c(B)c(B)c(B)c5c(-c5c(B)c(B)c(B)c6oc7c8c(B)c(B)c(B)c(B)c8c(B)c(B)c7c56)c5c(B)c(B)c(B)c(B)c45)c(B)c3B)c(B)c2B)c(B)c1B. The molecular formula is C48H60B30O. The summed E-state index contributed by atoms with van der Waals surface area (Å²) in [5, 5.41) is 10.7. The Morgan fingerprint density at radius 3 is 0.620 bits per heavy atom. The average molecular weight is 977 g/mol. The zero-order chi connectivity index (χ0) is 58.4. The standard InChI is InChI=1S/C48H60B30O/c49-17-3-1(7-8-15-34(66)30(62)14-16(35(67)43(75)40(72)33(14)65)47(15)79-48(8)46(78)44(76)21(7)53)4-6(20(52)39(71)37(69)18(4)50)2(5(3)19(51)38(70)36(17)68)9-22(54)24(56)10(25(57)23(9)55)11-26(58)28(60)12(29(61)27(11)59)13-31(63)41(73)45(77)42(74)32(13)64/h49-78H2. The van der Waals surface area contributed by atoms with Gasteiger partial charge in [0.05, 0.1) is 0 Å². The maximum atomic E-state index is 7.56. The summed E-state index contributed by atoms with van der Waals surface area (Å²) in [7, 11) is 71.1. The number of rotatable bonds is 4. The van der Waals surface area contributed by atoms with Crippen LogP contribution in [0.3, 0.4) is 0 Å². The second-order valence-corrected chi connectivity index (χ2v) is 25.5. The third-order valence-corrected chi connectivity index (χ3v) is 22.9. The molecule has 0 spiro atoms. The van der Waals surface area contributed by atoms with Gasteiger partial charge in [-0.15, -0.1) is 49.2 Å². The summed E-state index contributed by atoms with van der Waals surface area (Å²) >= 11 is 0. The molecule has 0 aliphatic rings. The van der Waals surface area contributed by atoms with E-state index in [0.29, 0.717) is 0 Å². The van der Waals surface area contributed by atoms with Crippen LogP contribution in [0.4, 0.5) is 0 Å². The molecule has 10 rings (SSSR count).